The van der Waals surface area contributed by atoms with E-state index in [9.17, 15) is 32.7 Å². The fourth-order valence-electron chi connectivity index (χ4n) is 6.54. The van der Waals surface area contributed by atoms with Gasteiger partial charge in [0.15, 0.2) is 6.29 Å². The number of methoxy groups -OCH3 is 1. The Morgan fingerprint density at radius 1 is 1.06 bits per heavy atom. The molecule has 292 valence electrons. The van der Waals surface area contributed by atoms with Gasteiger partial charge in [0.25, 0.3) is 0 Å². The lowest BCUT2D eigenvalue weighted by atomic mass is 9.80. The van der Waals surface area contributed by atoms with Crippen molar-refractivity contribution in [2.75, 3.05) is 26.9 Å². The summed E-state index contributed by atoms with van der Waals surface area (Å²) < 4.78 is 76.6. The van der Waals surface area contributed by atoms with Crippen molar-refractivity contribution >= 4 is 18.0 Å². The van der Waals surface area contributed by atoms with Crippen molar-refractivity contribution in [3.8, 4) is 11.1 Å². The summed E-state index contributed by atoms with van der Waals surface area (Å²) in [6, 6.07) is 11.8. The van der Waals surface area contributed by atoms with E-state index >= 15 is 4.39 Å². The van der Waals surface area contributed by atoms with Gasteiger partial charge in [-0.25, -0.2) is 14.2 Å². The lowest BCUT2D eigenvalue weighted by molar-refractivity contribution is -0.155. The van der Waals surface area contributed by atoms with E-state index in [2.05, 4.69) is 15.7 Å². The molecule has 0 bridgehead atoms. The molecule has 12 nitrogen and oxygen atoms in total. The third-order valence-corrected chi connectivity index (χ3v) is 9.40. The fraction of sp³-hybridized carbons (Fsp3) is 0.474. The first-order chi connectivity index (χ1) is 25.5. The van der Waals surface area contributed by atoms with Gasteiger partial charge in [-0.15, -0.1) is 0 Å². The average Bonchev–Trinajstić information content (AvgIpc) is 3.73. The van der Waals surface area contributed by atoms with Crippen LogP contribution in [0.3, 0.4) is 0 Å². The highest BCUT2D eigenvalue weighted by Gasteiger charge is 2.44. The lowest BCUT2D eigenvalue weighted by Crippen LogP contribution is -2.55. The standard InChI is InChI=1S/C38H44F4N4O8/c1-37(2,3)32(34(49)51-4)33(48)44-29(16-22-7-9-23(10-8-22)24-6-5-14-43-18-24)30(47)20-46(19-25-11-12-26(17-28(25)39)38(40,41)42)45-36(50)54-31-21-53-35-27(31)13-15-52-35/h5-12,14,17-18,27,29-32,35,47H,13,15-16,19-21H2,1-4H3,(H,44,48)(H,45,50). The molecule has 54 heavy (non-hydrogen) atoms. The molecule has 1 aromatic heterocycles. The molecule has 6 unspecified atom stereocenters. The molecule has 0 radical (unpaired) electrons. The van der Waals surface area contributed by atoms with E-state index in [1.54, 1.807) is 51.4 Å². The van der Waals surface area contributed by atoms with Gasteiger partial charge in [0.2, 0.25) is 5.91 Å². The fourth-order valence-corrected chi connectivity index (χ4v) is 6.54. The lowest BCUT2D eigenvalue weighted by Gasteiger charge is -2.33. The number of benzene rings is 2. The second kappa shape index (κ2) is 17.2. The van der Waals surface area contributed by atoms with Crippen LogP contribution in [-0.4, -0.2) is 84.5 Å². The zero-order valence-electron chi connectivity index (χ0n) is 30.3. The van der Waals surface area contributed by atoms with Crippen LogP contribution >= 0.6 is 0 Å². The highest BCUT2D eigenvalue weighted by molar-refractivity contribution is 5.98. The van der Waals surface area contributed by atoms with E-state index in [1.165, 1.54) is 0 Å². The van der Waals surface area contributed by atoms with Crippen molar-refractivity contribution in [2.45, 2.75) is 70.9 Å². The largest absolute Gasteiger partial charge is 0.468 e. The number of aromatic nitrogens is 1. The third-order valence-electron chi connectivity index (χ3n) is 9.40. The van der Waals surface area contributed by atoms with Crippen LogP contribution in [0, 0.1) is 23.1 Å². The first-order valence-corrected chi connectivity index (χ1v) is 17.4. The van der Waals surface area contributed by atoms with Crippen LogP contribution in [-0.2, 0) is 47.7 Å². The molecule has 2 aliphatic heterocycles. The number of rotatable bonds is 13. The highest BCUT2D eigenvalue weighted by atomic mass is 19.4. The van der Waals surface area contributed by atoms with Crippen molar-refractivity contribution in [3.05, 3.63) is 89.5 Å². The van der Waals surface area contributed by atoms with E-state index < -0.39 is 84.5 Å². The first kappa shape index (κ1) is 40.5. The van der Waals surface area contributed by atoms with E-state index in [0.717, 1.165) is 29.3 Å². The van der Waals surface area contributed by atoms with Crippen molar-refractivity contribution in [3.63, 3.8) is 0 Å². The Kier molecular flexibility index (Phi) is 12.9. The Morgan fingerprint density at radius 3 is 2.43 bits per heavy atom. The Balaban J connectivity index is 1.41. The van der Waals surface area contributed by atoms with Gasteiger partial charge in [-0.2, -0.15) is 13.2 Å². The molecule has 0 spiro atoms. The molecule has 5 rings (SSSR count). The minimum atomic E-state index is -4.79. The zero-order chi connectivity index (χ0) is 39.2. The number of carbonyl (C=O) groups excluding carboxylic acids is 3. The zero-order valence-corrected chi connectivity index (χ0v) is 30.3. The number of nitrogens with zero attached hydrogens (tertiary/aromatic N) is 2. The predicted octanol–water partition coefficient (Wildman–Crippen LogP) is 5.03. The molecule has 3 heterocycles. The maximum Gasteiger partial charge on any atom is 0.422 e. The molecule has 2 fully saturated rings. The summed E-state index contributed by atoms with van der Waals surface area (Å²) in [5.41, 5.74) is 2.58. The normalized spacial score (nSPS) is 20.1. The summed E-state index contributed by atoms with van der Waals surface area (Å²) in [6.07, 6.45) is -4.49. The number of esters is 1. The quantitative estimate of drug-likeness (QED) is 0.0938. The number of alkyl halides is 3. The van der Waals surface area contributed by atoms with E-state index in [0.29, 0.717) is 30.7 Å². The number of carbonyl (C=O) groups is 3. The SMILES string of the molecule is COC(=O)C(C(=O)NC(Cc1ccc(-c2cccnc2)cc1)C(O)CN(Cc1ccc(C(F)(F)F)cc1F)NC(=O)OC1COC2OCCC12)C(C)(C)C. The van der Waals surface area contributed by atoms with Crippen molar-refractivity contribution in [2.24, 2.45) is 17.3 Å². The van der Waals surface area contributed by atoms with Crippen LogP contribution in [0.25, 0.3) is 11.1 Å². The van der Waals surface area contributed by atoms with Crippen molar-refractivity contribution < 1.29 is 56.0 Å². The van der Waals surface area contributed by atoms with Gasteiger partial charge in [-0.05, 0) is 53.1 Å². The Bertz CT molecular complexity index is 1760. The molecule has 2 aliphatic rings. The molecular weight excluding hydrogens is 716 g/mol. The van der Waals surface area contributed by atoms with Crippen LogP contribution in [0.5, 0.6) is 0 Å². The molecule has 6 atom stereocenters. The first-order valence-electron chi connectivity index (χ1n) is 17.4. The molecule has 0 saturated carbocycles. The smallest absolute Gasteiger partial charge is 0.422 e. The predicted molar refractivity (Wildman–Crippen MR) is 185 cm³/mol. The van der Waals surface area contributed by atoms with Gasteiger partial charge in [0, 0.05) is 31.0 Å². The minimum Gasteiger partial charge on any atom is -0.468 e. The van der Waals surface area contributed by atoms with Crippen LogP contribution in [0.4, 0.5) is 22.4 Å². The Morgan fingerprint density at radius 2 is 1.80 bits per heavy atom. The molecule has 3 N–H and O–H groups in total. The Labute approximate surface area is 310 Å². The molecule has 2 amide bonds. The van der Waals surface area contributed by atoms with Gasteiger partial charge in [-0.3, -0.25) is 20.0 Å². The number of nitrogens with one attached hydrogen (secondary N) is 2. The summed E-state index contributed by atoms with van der Waals surface area (Å²) in [5.74, 6) is -4.19. The number of hydrazine groups is 1. The average molecular weight is 761 g/mol. The molecule has 3 aromatic rings. The minimum absolute atomic E-state index is 0.0354. The summed E-state index contributed by atoms with van der Waals surface area (Å²) in [6.45, 7) is 4.57. The number of aliphatic hydroxyl groups is 1. The maximum absolute atomic E-state index is 15.1. The number of aliphatic hydroxyl groups excluding tert-OH is 1. The van der Waals surface area contributed by atoms with Gasteiger partial charge in [0.05, 0.1) is 44.0 Å². The summed E-state index contributed by atoms with van der Waals surface area (Å²) >= 11 is 0. The van der Waals surface area contributed by atoms with E-state index in [-0.39, 0.29) is 24.5 Å². The number of hydrogen-bond donors (Lipinski definition) is 3. The van der Waals surface area contributed by atoms with Crippen LogP contribution in [0.2, 0.25) is 0 Å². The maximum atomic E-state index is 15.1. The topological polar surface area (TPSA) is 149 Å². The second-order valence-corrected chi connectivity index (χ2v) is 14.4. The van der Waals surface area contributed by atoms with Crippen molar-refractivity contribution in [1.82, 2.24) is 20.7 Å². The second-order valence-electron chi connectivity index (χ2n) is 14.4. The monoisotopic (exact) mass is 760 g/mol. The molecule has 2 aromatic carbocycles. The third kappa shape index (κ3) is 10.3. The Hall–Kier alpha value is -4.64. The number of ether oxygens (including phenoxy) is 4. The van der Waals surface area contributed by atoms with Gasteiger partial charge in [-0.1, -0.05) is 57.2 Å². The summed E-state index contributed by atoms with van der Waals surface area (Å²) in [7, 11) is 1.16. The molecule has 2 saturated heterocycles. The summed E-state index contributed by atoms with van der Waals surface area (Å²) in [4.78, 5) is 43.9. The number of amides is 2. The number of fused-ring (bicyclic) bond motifs is 1. The molecule has 0 aliphatic carbocycles. The van der Waals surface area contributed by atoms with Crippen LogP contribution < -0.4 is 10.7 Å². The van der Waals surface area contributed by atoms with Crippen LogP contribution in [0.15, 0.2) is 67.0 Å². The highest BCUT2D eigenvalue weighted by Crippen LogP contribution is 2.34. The molecule has 16 heteroatoms. The van der Waals surface area contributed by atoms with E-state index in [1.807, 2.05) is 18.2 Å². The number of hydrogen-bond acceptors (Lipinski definition) is 10. The number of pyridine rings is 1. The van der Waals surface area contributed by atoms with Gasteiger partial charge < -0.3 is 29.4 Å². The van der Waals surface area contributed by atoms with Crippen LogP contribution in [0.1, 0.15) is 43.9 Å². The van der Waals surface area contributed by atoms with E-state index in [4.69, 9.17) is 18.9 Å². The molecular formula is C38H44F4N4O8. The number of halogens is 4. The van der Waals surface area contributed by atoms with Gasteiger partial charge >= 0.3 is 18.2 Å². The van der Waals surface area contributed by atoms with Gasteiger partial charge in [0.1, 0.15) is 17.8 Å². The summed E-state index contributed by atoms with van der Waals surface area (Å²) in [5, 5.41) is 15.6. The van der Waals surface area contributed by atoms with Crippen molar-refractivity contribution in [1.29, 1.82) is 0 Å².